The van der Waals surface area contributed by atoms with E-state index in [1.807, 2.05) is 86.3 Å². The zero-order chi connectivity index (χ0) is 20.9. The molecule has 0 N–H and O–H groups in total. The van der Waals surface area contributed by atoms with E-state index in [0.717, 1.165) is 11.1 Å². The monoisotopic (exact) mass is 394 g/mol. The summed E-state index contributed by atoms with van der Waals surface area (Å²) in [6, 6.07) is 19.8. The lowest BCUT2D eigenvalue weighted by molar-refractivity contribution is -0.136. The van der Waals surface area contributed by atoms with Crippen LogP contribution in [0.2, 0.25) is 0 Å². The molecule has 1 aliphatic heterocycles. The third-order valence-corrected chi connectivity index (χ3v) is 4.96. The Morgan fingerprint density at radius 2 is 1.62 bits per heavy atom. The molecule has 0 unspecified atom stereocenters. The standard InChI is InChI=1S/C24H30N2O3/c1-24(2,3)29-23(28)26(17-20-12-8-5-9-13-20)21-14-15-22(27)25(18-21)16-19-10-6-4-7-11-19/h4-13,21H,14-18H2,1-3H3/t21-/m0/s1. The van der Waals surface area contributed by atoms with Crippen molar-refractivity contribution in [1.82, 2.24) is 9.80 Å². The predicted molar refractivity (Wildman–Crippen MR) is 113 cm³/mol. The van der Waals surface area contributed by atoms with Gasteiger partial charge in [0.1, 0.15) is 5.60 Å². The van der Waals surface area contributed by atoms with Crippen LogP contribution in [-0.2, 0) is 22.6 Å². The Labute approximate surface area is 173 Å². The predicted octanol–water partition coefficient (Wildman–Crippen LogP) is 4.61. The van der Waals surface area contributed by atoms with Crippen molar-refractivity contribution in [3.63, 3.8) is 0 Å². The van der Waals surface area contributed by atoms with E-state index in [2.05, 4.69) is 0 Å². The minimum atomic E-state index is -0.569. The van der Waals surface area contributed by atoms with Crippen LogP contribution in [0.5, 0.6) is 0 Å². The lowest BCUT2D eigenvalue weighted by atomic mass is 10.0. The van der Waals surface area contributed by atoms with E-state index < -0.39 is 5.60 Å². The Balaban J connectivity index is 1.78. The highest BCUT2D eigenvalue weighted by molar-refractivity contribution is 5.77. The number of rotatable bonds is 5. The van der Waals surface area contributed by atoms with Crippen LogP contribution in [0.4, 0.5) is 4.79 Å². The third-order valence-electron chi connectivity index (χ3n) is 4.96. The number of hydrogen-bond acceptors (Lipinski definition) is 3. The van der Waals surface area contributed by atoms with Crippen molar-refractivity contribution in [1.29, 1.82) is 0 Å². The van der Waals surface area contributed by atoms with Gasteiger partial charge < -0.3 is 9.64 Å². The number of hydrogen-bond donors (Lipinski definition) is 0. The number of piperidine rings is 1. The number of ether oxygens (including phenoxy) is 1. The minimum absolute atomic E-state index is 0.0773. The van der Waals surface area contributed by atoms with Crippen molar-refractivity contribution in [2.24, 2.45) is 0 Å². The fourth-order valence-electron chi connectivity index (χ4n) is 3.55. The zero-order valence-electron chi connectivity index (χ0n) is 17.5. The van der Waals surface area contributed by atoms with Crippen LogP contribution in [0.3, 0.4) is 0 Å². The van der Waals surface area contributed by atoms with E-state index in [4.69, 9.17) is 4.74 Å². The van der Waals surface area contributed by atoms with Crippen molar-refractivity contribution < 1.29 is 14.3 Å². The Morgan fingerprint density at radius 1 is 1.03 bits per heavy atom. The highest BCUT2D eigenvalue weighted by atomic mass is 16.6. The van der Waals surface area contributed by atoms with Crippen LogP contribution in [-0.4, -0.2) is 40.0 Å². The molecular formula is C24H30N2O3. The summed E-state index contributed by atoms with van der Waals surface area (Å²) < 4.78 is 5.69. The van der Waals surface area contributed by atoms with Gasteiger partial charge in [-0.3, -0.25) is 9.69 Å². The largest absolute Gasteiger partial charge is 0.444 e. The molecule has 0 aliphatic carbocycles. The molecule has 1 aliphatic rings. The maximum Gasteiger partial charge on any atom is 0.410 e. The molecular weight excluding hydrogens is 364 g/mol. The number of benzene rings is 2. The molecule has 0 aromatic heterocycles. The van der Waals surface area contributed by atoms with Crippen LogP contribution in [0, 0.1) is 0 Å². The van der Waals surface area contributed by atoms with Gasteiger partial charge in [-0.2, -0.15) is 0 Å². The van der Waals surface area contributed by atoms with Crippen molar-refractivity contribution in [3.8, 4) is 0 Å². The number of nitrogens with zero attached hydrogens (tertiary/aromatic N) is 2. The van der Waals surface area contributed by atoms with E-state index in [0.29, 0.717) is 32.5 Å². The molecule has 2 aromatic carbocycles. The van der Waals surface area contributed by atoms with Gasteiger partial charge in [-0.1, -0.05) is 60.7 Å². The molecule has 5 heteroatoms. The molecule has 29 heavy (non-hydrogen) atoms. The summed E-state index contributed by atoms with van der Waals surface area (Å²) in [6.07, 6.45) is 0.752. The summed E-state index contributed by atoms with van der Waals surface area (Å²) in [7, 11) is 0. The molecule has 2 amide bonds. The van der Waals surface area contributed by atoms with E-state index in [1.54, 1.807) is 4.90 Å². The van der Waals surface area contributed by atoms with Crippen molar-refractivity contribution in [3.05, 3.63) is 71.8 Å². The SMILES string of the molecule is CC(C)(C)OC(=O)N(Cc1ccccc1)[C@H]1CCC(=O)N(Cc2ccccc2)C1. The van der Waals surface area contributed by atoms with Gasteiger partial charge in [0.05, 0.1) is 6.04 Å². The summed E-state index contributed by atoms with van der Waals surface area (Å²) in [5.41, 5.74) is 1.57. The first-order chi connectivity index (χ1) is 13.8. The molecule has 1 atom stereocenters. The van der Waals surface area contributed by atoms with Crippen molar-refractivity contribution >= 4 is 12.0 Å². The Kier molecular flexibility index (Phi) is 6.57. The second-order valence-electron chi connectivity index (χ2n) is 8.55. The van der Waals surface area contributed by atoms with Crippen LogP contribution in [0.15, 0.2) is 60.7 Å². The van der Waals surface area contributed by atoms with Crippen LogP contribution in [0.1, 0.15) is 44.7 Å². The first-order valence-corrected chi connectivity index (χ1v) is 10.2. The van der Waals surface area contributed by atoms with Gasteiger partial charge >= 0.3 is 6.09 Å². The number of carbonyl (C=O) groups is 2. The maximum absolute atomic E-state index is 13.0. The van der Waals surface area contributed by atoms with Gasteiger partial charge in [0.15, 0.2) is 0 Å². The first-order valence-electron chi connectivity index (χ1n) is 10.2. The second-order valence-corrected chi connectivity index (χ2v) is 8.55. The topological polar surface area (TPSA) is 49.9 Å². The number of likely N-dealkylation sites (tertiary alicyclic amines) is 1. The quantitative estimate of drug-likeness (QED) is 0.744. The summed E-state index contributed by atoms with van der Waals surface area (Å²) in [5, 5.41) is 0. The lowest BCUT2D eigenvalue weighted by Gasteiger charge is -2.39. The van der Waals surface area contributed by atoms with Crippen LogP contribution < -0.4 is 0 Å². The van der Waals surface area contributed by atoms with Gasteiger partial charge in [-0.15, -0.1) is 0 Å². The minimum Gasteiger partial charge on any atom is -0.444 e. The molecule has 1 heterocycles. The van der Waals surface area contributed by atoms with Crippen LogP contribution in [0.25, 0.3) is 0 Å². The molecule has 1 fully saturated rings. The van der Waals surface area contributed by atoms with Crippen molar-refractivity contribution in [2.75, 3.05) is 6.54 Å². The maximum atomic E-state index is 13.0. The van der Waals surface area contributed by atoms with E-state index in [1.165, 1.54) is 0 Å². The molecule has 3 rings (SSSR count). The molecule has 1 saturated heterocycles. The van der Waals surface area contributed by atoms with Gasteiger partial charge in [-0.25, -0.2) is 4.79 Å². The third kappa shape index (κ3) is 6.08. The number of amides is 2. The molecule has 0 bridgehead atoms. The van der Waals surface area contributed by atoms with Gasteiger partial charge in [0.25, 0.3) is 0 Å². The molecule has 0 saturated carbocycles. The molecule has 0 spiro atoms. The smallest absolute Gasteiger partial charge is 0.410 e. The molecule has 154 valence electrons. The lowest BCUT2D eigenvalue weighted by Crippen LogP contribution is -2.52. The Bertz CT molecular complexity index is 815. The fraction of sp³-hybridized carbons (Fsp3) is 0.417. The highest BCUT2D eigenvalue weighted by Gasteiger charge is 2.34. The molecule has 0 radical (unpaired) electrons. The summed E-state index contributed by atoms with van der Waals surface area (Å²) >= 11 is 0. The van der Waals surface area contributed by atoms with Gasteiger partial charge in [-0.05, 0) is 38.3 Å². The van der Waals surface area contributed by atoms with E-state index in [-0.39, 0.29) is 18.0 Å². The average molecular weight is 395 g/mol. The normalized spacial score (nSPS) is 17.1. The molecule has 5 nitrogen and oxygen atoms in total. The van der Waals surface area contributed by atoms with E-state index >= 15 is 0 Å². The van der Waals surface area contributed by atoms with E-state index in [9.17, 15) is 9.59 Å². The highest BCUT2D eigenvalue weighted by Crippen LogP contribution is 2.23. The zero-order valence-corrected chi connectivity index (χ0v) is 17.5. The summed E-state index contributed by atoms with van der Waals surface area (Å²) in [4.78, 5) is 29.2. The average Bonchev–Trinajstić information content (AvgIpc) is 2.68. The number of carbonyl (C=O) groups excluding carboxylic acids is 2. The van der Waals surface area contributed by atoms with Crippen LogP contribution >= 0.6 is 0 Å². The summed E-state index contributed by atoms with van der Waals surface area (Å²) in [6.45, 7) is 7.16. The van der Waals surface area contributed by atoms with Crippen molar-refractivity contribution in [2.45, 2.75) is 58.3 Å². The Morgan fingerprint density at radius 3 is 2.21 bits per heavy atom. The summed E-state index contributed by atoms with van der Waals surface area (Å²) in [5.74, 6) is 0.133. The molecule has 2 aromatic rings. The van der Waals surface area contributed by atoms with Gasteiger partial charge in [0, 0.05) is 26.1 Å². The first kappa shape index (κ1) is 20.9. The van der Waals surface area contributed by atoms with Gasteiger partial charge in [0.2, 0.25) is 5.91 Å². The fourth-order valence-corrected chi connectivity index (χ4v) is 3.55. The second kappa shape index (κ2) is 9.12. The Hall–Kier alpha value is -2.82.